The lowest BCUT2D eigenvalue weighted by atomic mass is 10.1. The third kappa shape index (κ3) is 3.55. The van der Waals surface area contributed by atoms with Crippen LogP contribution in [0.2, 0.25) is 0 Å². The lowest BCUT2D eigenvalue weighted by molar-refractivity contribution is -0.131. The molecular formula is C14H12F2N2O3. The van der Waals surface area contributed by atoms with Gasteiger partial charge in [0.15, 0.2) is 6.10 Å². The molecule has 1 aliphatic rings. The average Bonchev–Trinajstić information content (AvgIpc) is 2.44. The second kappa shape index (κ2) is 6.33. The van der Waals surface area contributed by atoms with E-state index in [1.54, 1.807) is 0 Å². The van der Waals surface area contributed by atoms with Crippen LogP contribution in [0.1, 0.15) is 5.56 Å². The number of aliphatic carboxylic acids is 1. The summed E-state index contributed by atoms with van der Waals surface area (Å²) in [6.07, 6.45) is 1.17. The van der Waals surface area contributed by atoms with Crippen LogP contribution in [-0.2, 0) is 9.53 Å². The highest BCUT2D eigenvalue weighted by Gasteiger charge is 2.25. The smallest absolute Gasteiger partial charge is 0.328 e. The summed E-state index contributed by atoms with van der Waals surface area (Å²) >= 11 is 0. The number of morpholine rings is 1. The van der Waals surface area contributed by atoms with E-state index < -0.39 is 23.7 Å². The maximum Gasteiger partial charge on any atom is 0.328 e. The third-order valence-electron chi connectivity index (χ3n) is 2.98. The molecule has 0 amide bonds. The Bertz CT molecular complexity index is 602. The molecule has 5 nitrogen and oxygen atoms in total. The fourth-order valence-corrected chi connectivity index (χ4v) is 2.08. The number of carbonyl (C=O) groups is 1. The quantitative estimate of drug-likeness (QED) is 0.860. The summed E-state index contributed by atoms with van der Waals surface area (Å²) in [4.78, 5) is 11.8. The second-order valence-corrected chi connectivity index (χ2v) is 4.44. The number of anilines is 1. The monoisotopic (exact) mass is 294 g/mol. The minimum absolute atomic E-state index is 0.0780. The van der Waals surface area contributed by atoms with Crippen LogP contribution < -0.4 is 4.90 Å². The maximum absolute atomic E-state index is 14.1. The molecule has 0 bridgehead atoms. The van der Waals surface area contributed by atoms with Gasteiger partial charge in [-0.15, -0.1) is 0 Å². The Labute approximate surface area is 119 Å². The highest BCUT2D eigenvalue weighted by atomic mass is 19.1. The molecule has 1 heterocycles. The van der Waals surface area contributed by atoms with E-state index in [0.29, 0.717) is 0 Å². The van der Waals surface area contributed by atoms with Crippen molar-refractivity contribution >= 4 is 17.7 Å². The molecule has 1 unspecified atom stereocenters. The van der Waals surface area contributed by atoms with Crippen LogP contribution in [0.4, 0.5) is 14.5 Å². The van der Waals surface area contributed by atoms with Gasteiger partial charge in [-0.05, 0) is 23.8 Å². The van der Waals surface area contributed by atoms with Gasteiger partial charge >= 0.3 is 5.97 Å². The number of hydrogen-bond donors (Lipinski definition) is 1. The average molecular weight is 294 g/mol. The molecule has 0 aromatic heterocycles. The molecule has 2 rings (SSSR count). The first-order valence-corrected chi connectivity index (χ1v) is 6.17. The highest BCUT2D eigenvalue weighted by molar-refractivity contribution is 5.85. The molecule has 1 atom stereocenters. The highest BCUT2D eigenvalue weighted by Crippen LogP contribution is 2.27. The largest absolute Gasteiger partial charge is 0.478 e. The molecule has 0 radical (unpaired) electrons. The zero-order chi connectivity index (χ0) is 15.4. The molecule has 1 aromatic rings. The van der Waals surface area contributed by atoms with Gasteiger partial charge < -0.3 is 14.7 Å². The summed E-state index contributed by atoms with van der Waals surface area (Å²) in [6.45, 7) is 0.558. The van der Waals surface area contributed by atoms with Crippen LogP contribution in [-0.4, -0.2) is 36.9 Å². The van der Waals surface area contributed by atoms with E-state index in [2.05, 4.69) is 0 Å². The van der Waals surface area contributed by atoms with Gasteiger partial charge in [-0.2, -0.15) is 5.26 Å². The predicted molar refractivity (Wildman–Crippen MR) is 70.6 cm³/mol. The summed E-state index contributed by atoms with van der Waals surface area (Å²) in [5.41, 5.74) is -0.118. The standard InChI is InChI=1S/C14H12F2N2O3/c15-11-5-9(1-2-13(19)20)6-12(16)14(11)18-3-4-21-10(7-17)8-18/h1-2,5-6,10H,3-4,8H2,(H,19,20). The first-order chi connectivity index (χ1) is 10.0. The van der Waals surface area contributed by atoms with Crippen molar-refractivity contribution in [3.8, 4) is 6.07 Å². The number of halogens is 2. The zero-order valence-corrected chi connectivity index (χ0v) is 10.9. The van der Waals surface area contributed by atoms with Gasteiger partial charge in [-0.1, -0.05) is 0 Å². The number of hydrogen-bond acceptors (Lipinski definition) is 4. The summed E-state index contributed by atoms with van der Waals surface area (Å²) in [5, 5.41) is 17.3. The number of carboxylic acids is 1. The Hall–Kier alpha value is -2.46. The number of benzene rings is 1. The number of nitriles is 1. The van der Waals surface area contributed by atoms with Crippen LogP contribution >= 0.6 is 0 Å². The zero-order valence-electron chi connectivity index (χ0n) is 10.9. The van der Waals surface area contributed by atoms with Crippen molar-refractivity contribution in [3.63, 3.8) is 0 Å². The SMILES string of the molecule is N#CC1CN(c2c(F)cc(C=CC(=O)O)cc2F)CCO1. The van der Waals surface area contributed by atoms with Gasteiger partial charge in [-0.3, -0.25) is 0 Å². The van der Waals surface area contributed by atoms with Crippen molar-refractivity contribution < 1.29 is 23.4 Å². The van der Waals surface area contributed by atoms with Crippen molar-refractivity contribution in [3.05, 3.63) is 35.4 Å². The normalized spacial score (nSPS) is 18.7. The van der Waals surface area contributed by atoms with Crippen LogP contribution in [0.5, 0.6) is 0 Å². The first-order valence-electron chi connectivity index (χ1n) is 6.17. The van der Waals surface area contributed by atoms with E-state index in [-0.39, 0.29) is 30.9 Å². The molecule has 1 aromatic carbocycles. The van der Waals surface area contributed by atoms with E-state index in [1.807, 2.05) is 6.07 Å². The minimum Gasteiger partial charge on any atom is -0.478 e. The molecule has 1 aliphatic heterocycles. The number of rotatable bonds is 3. The Morgan fingerprint density at radius 3 is 2.71 bits per heavy atom. The molecular weight excluding hydrogens is 282 g/mol. The van der Waals surface area contributed by atoms with Gasteiger partial charge in [0.25, 0.3) is 0 Å². The van der Waals surface area contributed by atoms with Crippen molar-refractivity contribution in [1.29, 1.82) is 5.26 Å². The van der Waals surface area contributed by atoms with Crippen molar-refractivity contribution in [2.45, 2.75) is 6.10 Å². The van der Waals surface area contributed by atoms with Crippen molar-refractivity contribution in [1.82, 2.24) is 0 Å². The number of carboxylic acid groups (broad SMARTS) is 1. The van der Waals surface area contributed by atoms with Gasteiger partial charge in [0.1, 0.15) is 17.3 Å². The summed E-state index contributed by atoms with van der Waals surface area (Å²) in [7, 11) is 0. The van der Waals surface area contributed by atoms with Crippen molar-refractivity contribution in [2.75, 3.05) is 24.6 Å². The first kappa shape index (κ1) is 14.9. The number of ether oxygens (including phenoxy) is 1. The van der Waals surface area contributed by atoms with E-state index in [4.69, 9.17) is 15.1 Å². The Morgan fingerprint density at radius 1 is 1.48 bits per heavy atom. The molecule has 7 heteroatoms. The molecule has 1 fully saturated rings. The Balaban J connectivity index is 2.29. The van der Waals surface area contributed by atoms with Crippen molar-refractivity contribution in [2.24, 2.45) is 0 Å². The topological polar surface area (TPSA) is 73.6 Å². The number of nitrogens with zero attached hydrogens (tertiary/aromatic N) is 2. The van der Waals surface area contributed by atoms with E-state index >= 15 is 0 Å². The molecule has 0 spiro atoms. The van der Waals surface area contributed by atoms with Crippen LogP contribution in [0.3, 0.4) is 0 Å². The van der Waals surface area contributed by atoms with Crippen LogP contribution in [0, 0.1) is 23.0 Å². The summed E-state index contributed by atoms with van der Waals surface area (Å²) in [5.74, 6) is -2.82. The summed E-state index contributed by atoms with van der Waals surface area (Å²) < 4.78 is 33.3. The molecule has 1 N–H and O–H groups in total. The maximum atomic E-state index is 14.1. The Morgan fingerprint density at radius 2 is 2.14 bits per heavy atom. The lowest BCUT2D eigenvalue weighted by Gasteiger charge is -2.32. The van der Waals surface area contributed by atoms with Crippen LogP contribution in [0.15, 0.2) is 18.2 Å². The van der Waals surface area contributed by atoms with Crippen LogP contribution in [0.25, 0.3) is 6.08 Å². The fraction of sp³-hybridized carbons (Fsp3) is 0.286. The van der Waals surface area contributed by atoms with Gasteiger partial charge in [-0.25, -0.2) is 13.6 Å². The van der Waals surface area contributed by atoms with E-state index in [0.717, 1.165) is 24.3 Å². The predicted octanol–water partition coefficient (Wildman–Crippen LogP) is 1.79. The second-order valence-electron chi connectivity index (χ2n) is 4.44. The minimum atomic E-state index is -1.20. The molecule has 110 valence electrons. The van der Waals surface area contributed by atoms with E-state index in [1.165, 1.54) is 4.90 Å². The molecule has 1 saturated heterocycles. The van der Waals surface area contributed by atoms with Gasteiger partial charge in [0.2, 0.25) is 0 Å². The molecule has 0 saturated carbocycles. The third-order valence-corrected chi connectivity index (χ3v) is 2.98. The molecule has 0 aliphatic carbocycles. The van der Waals surface area contributed by atoms with E-state index in [9.17, 15) is 13.6 Å². The fourth-order valence-electron chi connectivity index (χ4n) is 2.08. The van der Waals surface area contributed by atoms with Gasteiger partial charge in [0, 0.05) is 12.6 Å². The molecule has 21 heavy (non-hydrogen) atoms. The lowest BCUT2D eigenvalue weighted by Crippen LogP contribution is -2.42. The van der Waals surface area contributed by atoms with Gasteiger partial charge in [0.05, 0.1) is 19.2 Å². The Kier molecular flexibility index (Phi) is 4.50. The summed E-state index contributed by atoms with van der Waals surface area (Å²) in [6, 6.07) is 4.00.